The van der Waals surface area contributed by atoms with Crippen molar-refractivity contribution in [3.8, 4) is 0 Å². The van der Waals surface area contributed by atoms with Gasteiger partial charge in [0.15, 0.2) is 0 Å². The topological polar surface area (TPSA) is 73.4 Å². The summed E-state index contributed by atoms with van der Waals surface area (Å²) < 4.78 is 7.87. The minimum Gasteiger partial charge on any atom is -0.373 e. The van der Waals surface area contributed by atoms with Crippen LogP contribution in [0.25, 0.3) is 0 Å². The van der Waals surface area contributed by atoms with Crippen LogP contribution < -0.4 is 5.73 Å². The molecule has 2 heterocycles. The summed E-state index contributed by atoms with van der Waals surface area (Å²) in [6, 6.07) is 2.07. The van der Waals surface area contributed by atoms with Gasteiger partial charge in [0.25, 0.3) is 0 Å². The van der Waals surface area contributed by atoms with Crippen molar-refractivity contribution in [1.82, 2.24) is 14.7 Å². The zero-order valence-corrected chi connectivity index (χ0v) is 18.1. The number of carbonyl (C=O) groups excluding carboxylic acids is 1. The number of hydrogen-bond acceptors (Lipinski definition) is 4. The number of nitrogens with two attached hydrogens (primary N) is 1. The molecular formula is C19H34Cl2N4O2. The van der Waals surface area contributed by atoms with Crippen LogP contribution in [-0.2, 0) is 16.1 Å². The van der Waals surface area contributed by atoms with Crippen LogP contribution in [0.15, 0.2) is 6.07 Å². The third kappa shape index (κ3) is 6.08. The van der Waals surface area contributed by atoms with E-state index in [1.807, 2.05) is 16.5 Å². The third-order valence-electron chi connectivity index (χ3n) is 5.84. The lowest BCUT2D eigenvalue weighted by molar-refractivity contribution is -0.142. The van der Waals surface area contributed by atoms with Crippen molar-refractivity contribution in [1.29, 1.82) is 0 Å². The van der Waals surface area contributed by atoms with E-state index in [0.717, 1.165) is 24.2 Å². The number of carbonyl (C=O) groups is 1. The average molecular weight is 421 g/mol. The number of halogens is 2. The van der Waals surface area contributed by atoms with Gasteiger partial charge < -0.3 is 15.4 Å². The highest BCUT2D eigenvalue weighted by Gasteiger charge is 2.35. The molecule has 2 fully saturated rings. The van der Waals surface area contributed by atoms with Crippen molar-refractivity contribution >= 4 is 30.7 Å². The molecule has 3 rings (SSSR count). The summed E-state index contributed by atoms with van der Waals surface area (Å²) in [5, 5.41) is 4.51. The maximum absolute atomic E-state index is 12.9. The fourth-order valence-electron chi connectivity index (χ4n) is 4.30. The Morgan fingerprint density at radius 2 is 2.00 bits per heavy atom. The second-order valence-electron chi connectivity index (χ2n) is 7.88. The second kappa shape index (κ2) is 10.6. The molecule has 1 saturated heterocycles. The molecular weight excluding hydrogens is 387 g/mol. The lowest BCUT2D eigenvalue weighted by Gasteiger charge is -2.39. The Labute approximate surface area is 175 Å². The van der Waals surface area contributed by atoms with Crippen LogP contribution >= 0.6 is 24.8 Å². The van der Waals surface area contributed by atoms with Crippen molar-refractivity contribution in [2.24, 2.45) is 11.1 Å². The van der Waals surface area contributed by atoms with Gasteiger partial charge in [0.2, 0.25) is 5.91 Å². The molecule has 0 bridgehead atoms. The number of amides is 1. The zero-order chi connectivity index (χ0) is 17.9. The molecule has 0 aromatic carbocycles. The van der Waals surface area contributed by atoms with Gasteiger partial charge in [-0.15, -0.1) is 24.8 Å². The van der Waals surface area contributed by atoms with E-state index in [1.54, 1.807) is 0 Å². The molecule has 1 amide bonds. The van der Waals surface area contributed by atoms with E-state index in [9.17, 15) is 4.79 Å². The fraction of sp³-hybridized carbons (Fsp3) is 0.789. The van der Waals surface area contributed by atoms with Crippen LogP contribution in [0.1, 0.15) is 49.9 Å². The predicted octanol–water partition coefficient (Wildman–Crippen LogP) is 2.87. The SMILES string of the molecule is Cc1cc(C)n(CC2CN(C(=O)CC3(CN)CCCCC3)CCO2)n1.Cl.Cl. The van der Waals surface area contributed by atoms with Gasteiger partial charge in [-0.25, -0.2) is 0 Å². The molecule has 1 atom stereocenters. The summed E-state index contributed by atoms with van der Waals surface area (Å²) in [5.74, 6) is 0.244. The Bertz CT molecular complexity index is 603. The summed E-state index contributed by atoms with van der Waals surface area (Å²) in [4.78, 5) is 14.9. The lowest BCUT2D eigenvalue weighted by Crippen LogP contribution is -2.49. The summed E-state index contributed by atoms with van der Waals surface area (Å²) >= 11 is 0. The van der Waals surface area contributed by atoms with Crippen molar-refractivity contribution < 1.29 is 9.53 Å². The van der Waals surface area contributed by atoms with E-state index >= 15 is 0 Å². The van der Waals surface area contributed by atoms with Crippen molar-refractivity contribution in [2.45, 2.75) is 65.0 Å². The van der Waals surface area contributed by atoms with Gasteiger partial charge in [-0.05, 0) is 44.7 Å². The maximum atomic E-state index is 12.9. The van der Waals surface area contributed by atoms with Gasteiger partial charge in [0.1, 0.15) is 0 Å². The smallest absolute Gasteiger partial charge is 0.223 e. The number of aromatic nitrogens is 2. The Morgan fingerprint density at radius 3 is 2.59 bits per heavy atom. The molecule has 1 saturated carbocycles. The highest BCUT2D eigenvalue weighted by Crippen LogP contribution is 2.38. The van der Waals surface area contributed by atoms with Crippen molar-refractivity contribution in [3.05, 3.63) is 17.5 Å². The predicted molar refractivity (Wildman–Crippen MR) is 112 cm³/mol. The van der Waals surface area contributed by atoms with Crippen LogP contribution in [0.3, 0.4) is 0 Å². The Balaban J connectivity index is 0.00000182. The molecule has 156 valence electrons. The number of morpholine rings is 1. The van der Waals surface area contributed by atoms with Crippen LogP contribution in [0.2, 0.25) is 0 Å². The van der Waals surface area contributed by atoms with E-state index in [-0.39, 0.29) is 42.2 Å². The number of aryl methyl sites for hydroxylation is 2. The first-order valence-electron chi connectivity index (χ1n) is 9.62. The first-order chi connectivity index (χ1) is 12.0. The number of rotatable bonds is 5. The minimum absolute atomic E-state index is 0. The van der Waals surface area contributed by atoms with Gasteiger partial charge in [-0.2, -0.15) is 5.10 Å². The molecule has 1 unspecified atom stereocenters. The van der Waals surface area contributed by atoms with E-state index in [1.165, 1.54) is 19.3 Å². The number of ether oxygens (including phenoxy) is 1. The zero-order valence-electron chi connectivity index (χ0n) is 16.5. The molecule has 2 N–H and O–H groups in total. The third-order valence-corrected chi connectivity index (χ3v) is 5.84. The molecule has 27 heavy (non-hydrogen) atoms. The molecule has 0 spiro atoms. The molecule has 6 nitrogen and oxygen atoms in total. The largest absolute Gasteiger partial charge is 0.373 e. The Kier molecular flexibility index (Phi) is 9.55. The van der Waals surface area contributed by atoms with E-state index in [2.05, 4.69) is 18.1 Å². The minimum atomic E-state index is 0. The molecule has 1 aromatic heterocycles. The maximum Gasteiger partial charge on any atom is 0.223 e. The van der Waals surface area contributed by atoms with Gasteiger partial charge >= 0.3 is 0 Å². The highest BCUT2D eigenvalue weighted by molar-refractivity contribution is 5.85. The highest BCUT2D eigenvalue weighted by atomic mass is 35.5. The van der Waals surface area contributed by atoms with Gasteiger partial charge in [0, 0.05) is 25.2 Å². The Hall–Kier alpha value is -0.820. The molecule has 8 heteroatoms. The molecule has 2 aliphatic rings. The Morgan fingerprint density at radius 1 is 1.30 bits per heavy atom. The summed E-state index contributed by atoms with van der Waals surface area (Å²) in [5.41, 5.74) is 8.23. The average Bonchev–Trinajstić information content (AvgIpc) is 2.93. The quantitative estimate of drug-likeness (QED) is 0.794. The van der Waals surface area contributed by atoms with E-state index in [0.29, 0.717) is 39.2 Å². The van der Waals surface area contributed by atoms with Crippen LogP contribution in [-0.4, -0.2) is 52.9 Å². The summed E-state index contributed by atoms with van der Waals surface area (Å²) in [6.07, 6.45) is 6.47. The summed E-state index contributed by atoms with van der Waals surface area (Å²) in [7, 11) is 0. The normalized spacial score (nSPS) is 21.9. The van der Waals surface area contributed by atoms with Crippen LogP contribution in [0, 0.1) is 19.3 Å². The van der Waals surface area contributed by atoms with Crippen LogP contribution in [0.4, 0.5) is 0 Å². The fourth-order valence-corrected chi connectivity index (χ4v) is 4.30. The first-order valence-corrected chi connectivity index (χ1v) is 9.62. The number of nitrogens with zero attached hydrogens (tertiary/aromatic N) is 3. The molecule has 0 radical (unpaired) electrons. The van der Waals surface area contributed by atoms with Gasteiger partial charge in [0.05, 0.1) is 24.9 Å². The first kappa shape index (κ1) is 24.2. The molecule has 1 aromatic rings. The number of hydrogen-bond donors (Lipinski definition) is 1. The van der Waals surface area contributed by atoms with E-state index in [4.69, 9.17) is 10.5 Å². The summed E-state index contributed by atoms with van der Waals surface area (Å²) in [6.45, 7) is 7.32. The van der Waals surface area contributed by atoms with Gasteiger partial charge in [-0.1, -0.05) is 19.3 Å². The second-order valence-corrected chi connectivity index (χ2v) is 7.88. The van der Waals surface area contributed by atoms with Crippen molar-refractivity contribution in [2.75, 3.05) is 26.2 Å². The van der Waals surface area contributed by atoms with Crippen molar-refractivity contribution in [3.63, 3.8) is 0 Å². The molecule has 1 aliphatic heterocycles. The lowest BCUT2D eigenvalue weighted by atomic mass is 9.71. The molecule has 1 aliphatic carbocycles. The van der Waals surface area contributed by atoms with E-state index < -0.39 is 0 Å². The van der Waals surface area contributed by atoms with Crippen LogP contribution in [0.5, 0.6) is 0 Å². The van der Waals surface area contributed by atoms with Gasteiger partial charge in [-0.3, -0.25) is 9.48 Å². The monoisotopic (exact) mass is 420 g/mol. The standard InChI is InChI=1S/C19H32N4O2.2ClH/c1-15-10-16(2)23(21-15)13-17-12-22(8-9-25-17)18(24)11-19(14-20)6-4-3-5-7-19;;/h10,17H,3-9,11-14,20H2,1-2H3;2*1H.